The molecule has 6 heteroatoms. The molecule has 2 aliphatic rings. The van der Waals surface area contributed by atoms with Crippen molar-refractivity contribution in [3.05, 3.63) is 53.3 Å². The summed E-state index contributed by atoms with van der Waals surface area (Å²) in [5.74, 6) is 0.335. The summed E-state index contributed by atoms with van der Waals surface area (Å²) >= 11 is 0. The number of carbonyl (C=O) groups is 2. The molecule has 1 saturated heterocycles. The maximum Gasteiger partial charge on any atom is 0.224 e. The van der Waals surface area contributed by atoms with Crippen LogP contribution in [0, 0.1) is 0 Å². The van der Waals surface area contributed by atoms with Gasteiger partial charge in [0.25, 0.3) is 0 Å². The molecule has 0 N–H and O–H groups in total. The van der Waals surface area contributed by atoms with Gasteiger partial charge in [0.05, 0.1) is 24.5 Å². The lowest BCUT2D eigenvalue weighted by molar-refractivity contribution is -0.135. The van der Waals surface area contributed by atoms with E-state index in [4.69, 9.17) is 5.10 Å². The SMILES string of the molecule is O=C1CCCCCN1CCC(=O)N1CCn2nc(Cc3ccccc3)cc2C1. The molecule has 2 aromatic rings. The highest BCUT2D eigenvalue weighted by Crippen LogP contribution is 2.18. The lowest BCUT2D eigenvalue weighted by Crippen LogP contribution is -2.40. The monoisotopic (exact) mass is 380 g/mol. The summed E-state index contributed by atoms with van der Waals surface area (Å²) in [5.41, 5.74) is 3.38. The minimum atomic E-state index is 0.133. The third kappa shape index (κ3) is 4.43. The summed E-state index contributed by atoms with van der Waals surface area (Å²) in [6.07, 6.45) is 4.99. The number of hydrogen-bond acceptors (Lipinski definition) is 3. The number of aromatic nitrogens is 2. The molecule has 6 nitrogen and oxygen atoms in total. The van der Waals surface area contributed by atoms with Crippen molar-refractivity contribution >= 4 is 11.8 Å². The van der Waals surface area contributed by atoms with Crippen molar-refractivity contribution in [1.29, 1.82) is 0 Å². The molecule has 148 valence electrons. The molecule has 28 heavy (non-hydrogen) atoms. The molecule has 0 bridgehead atoms. The second-order valence-electron chi connectivity index (χ2n) is 7.77. The molecule has 0 aliphatic carbocycles. The van der Waals surface area contributed by atoms with Crippen molar-refractivity contribution in [3.63, 3.8) is 0 Å². The molecule has 2 amide bonds. The van der Waals surface area contributed by atoms with Crippen LogP contribution in [0.4, 0.5) is 0 Å². The summed E-state index contributed by atoms with van der Waals surface area (Å²) in [6.45, 7) is 3.37. The highest BCUT2D eigenvalue weighted by atomic mass is 16.2. The minimum Gasteiger partial charge on any atom is -0.342 e. The van der Waals surface area contributed by atoms with Gasteiger partial charge < -0.3 is 9.80 Å². The number of carbonyl (C=O) groups excluding carboxylic acids is 2. The van der Waals surface area contributed by atoms with Gasteiger partial charge in [-0.25, -0.2) is 0 Å². The molecule has 0 radical (unpaired) electrons. The van der Waals surface area contributed by atoms with Crippen molar-refractivity contribution in [2.24, 2.45) is 0 Å². The summed E-state index contributed by atoms with van der Waals surface area (Å²) in [4.78, 5) is 28.6. The lowest BCUT2D eigenvalue weighted by atomic mass is 10.1. The Morgan fingerprint density at radius 2 is 1.89 bits per heavy atom. The topological polar surface area (TPSA) is 58.4 Å². The third-order valence-electron chi connectivity index (χ3n) is 5.70. The van der Waals surface area contributed by atoms with Crippen LogP contribution in [0.25, 0.3) is 0 Å². The fraction of sp³-hybridized carbons (Fsp3) is 0.500. The fourth-order valence-corrected chi connectivity index (χ4v) is 4.09. The van der Waals surface area contributed by atoms with Crippen LogP contribution in [-0.2, 0) is 29.1 Å². The summed E-state index contributed by atoms with van der Waals surface area (Å²) in [5, 5.41) is 4.71. The van der Waals surface area contributed by atoms with Crippen molar-refractivity contribution < 1.29 is 9.59 Å². The minimum absolute atomic E-state index is 0.133. The van der Waals surface area contributed by atoms with Gasteiger partial charge in [-0.3, -0.25) is 14.3 Å². The molecule has 0 spiro atoms. The van der Waals surface area contributed by atoms with Crippen LogP contribution in [-0.4, -0.2) is 51.0 Å². The lowest BCUT2D eigenvalue weighted by Gasteiger charge is -2.29. The van der Waals surface area contributed by atoms with Crippen LogP contribution >= 0.6 is 0 Å². The van der Waals surface area contributed by atoms with E-state index in [1.807, 2.05) is 32.7 Å². The number of rotatable bonds is 5. The fourth-order valence-electron chi connectivity index (χ4n) is 4.09. The van der Waals surface area contributed by atoms with E-state index in [1.54, 1.807) is 0 Å². The number of nitrogens with zero attached hydrogens (tertiary/aromatic N) is 4. The third-order valence-corrected chi connectivity index (χ3v) is 5.70. The predicted molar refractivity (Wildman–Crippen MR) is 107 cm³/mol. The van der Waals surface area contributed by atoms with Gasteiger partial charge in [0.2, 0.25) is 11.8 Å². The number of hydrogen-bond donors (Lipinski definition) is 0. The van der Waals surface area contributed by atoms with E-state index < -0.39 is 0 Å². The van der Waals surface area contributed by atoms with Gasteiger partial charge in [0.1, 0.15) is 0 Å². The molecular formula is C22H28N4O2. The van der Waals surface area contributed by atoms with Crippen LogP contribution in [0.15, 0.2) is 36.4 Å². The largest absolute Gasteiger partial charge is 0.342 e. The quantitative estimate of drug-likeness (QED) is 0.801. The first-order valence-electron chi connectivity index (χ1n) is 10.3. The second kappa shape index (κ2) is 8.59. The van der Waals surface area contributed by atoms with E-state index in [0.29, 0.717) is 32.5 Å². The second-order valence-corrected chi connectivity index (χ2v) is 7.77. The van der Waals surface area contributed by atoms with Crippen LogP contribution in [0.3, 0.4) is 0 Å². The Balaban J connectivity index is 1.33. The van der Waals surface area contributed by atoms with Crippen LogP contribution < -0.4 is 0 Å². The number of amides is 2. The van der Waals surface area contributed by atoms with Crippen LogP contribution in [0.5, 0.6) is 0 Å². The Morgan fingerprint density at radius 3 is 2.75 bits per heavy atom. The van der Waals surface area contributed by atoms with Gasteiger partial charge in [0.15, 0.2) is 0 Å². The molecule has 0 atom stereocenters. The predicted octanol–water partition coefficient (Wildman–Crippen LogP) is 2.61. The molecule has 1 fully saturated rings. The molecule has 0 saturated carbocycles. The van der Waals surface area contributed by atoms with Crippen molar-refractivity contribution in [3.8, 4) is 0 Å². The number of likely N-dealkylation sites (tertiary alicyclic amines) is 1. The molecule has 4 rings (SSSR count). The smallest absolute Gasteiger partial charge is 0.224 e. The standard InChI is InChI=1S/C22H28N4O2/c27-21-9-5-2-6-11-24(21)12-10-22(28)25-13-14-26-20(17-25)16-19(23-26)15-18-7-3-1-4-8-18/h1,3-4,7-8,16H,2,5-6,9-15,17H2. The van der Waals surface area contributed by atoms with Crippen molar-refractivity contribution in [2.45, 2.75) is 51.6 Å². The van der Waals surface area contributed by atoms with Crippen molar-refractivity contribution in [2.75, 3.05) is 19.6 Å². The molecule has 2 aliphatic heterocycles. The van der Waals surface area contributed by atoms with E-state index >= 15 is 0 Å². The zero-order valence-electron chi connectivity index (χ0n) is 16.3. The van der Waals surface area contributed by atoms with Gasteiger partial charge >= 0.3 is 0 Å². The Labute approximate surface area is 166 Å². The maximum atomic E-state index is 12.7. The van der Waals surface area contributed by atoms with E-state index in [2.05, 4.69) is 18.2 Å². The first-order chi connectivity index (χ1) is 13.7. The first-order valence-corrected chi connectivity index (χ1v) is 10.3. The number of benzene rings is 1. The van der Waals surface area contributed by atoms with E-state index in [-0.39, 0.29) is 11.8 Å². The average Bonchev–Trinajstić information content (AvgIpc) is 2.99. The molecular weight excluding hydrogens is 352 g/mol. The Kier molecular flexibility index (Phi) is 5.74. The molecule has 1 aromatic carbocycles. The molecule has 3 heterocycles. The van der Waals surface area contributed by atoms with Crippen molar-refractivity contribution in [1.82, 2.24) is 19.6 Å². The highest BCUT2D eigenvalue weighted by molar-refractivity contribution is 5.79. The zero-order valence-corrected chi connectivity index (χ0v) is 16.3. The zero-order chi connectivity index (χ0) is 19.3. The van der Waals surface area contributed by atoms with E-state index in [9.17, 15) is 9.59 Å². The van der Waals surface area contributed by atoms with Gasteiger partial charge in [-0.2, -0.15) is 5.10 Å². The maximum absolute atomic E-state index is 12.7. The first kappa shape index (κ1) is 18.7. The highest BCUT2D eigenvalue weighted by Gasteiger charge is 2.24. The summed E-state index contributed by atoms with van der Waals surface area (Å²) in [6, 6.07) is 12.4. The molecule has 0 unspecified atom stereocenters. The summed E-state index contributed by atoms with van der Waals surface area (Å²) < 4.78 is 2.03. The van der Waals surface area contributed by atoms with Gasteiger partial charge in [-0.1, -0.05) is 36.8 Å². The van der Waals surface area contributed by atoms with Gasteiger partial charge in [0, 0.05) is 38.9 Å². The van der Waals surface area contributed by atoms with Gasteiger partial charge in [-0.15, -0.1) is 0 Å². The Bertz CT molecular complexity index is 830. The Hall–Kier alpha value is -2.63. The van der Waals surface area contributed by atoms with Crippen LogP contribution in [0.1, 0.15) is 49.1 Å². The Morgan fingerprint density at radius 1 is 1.04 bits per heavy atom. The van der Waals surface area contributed by atoms with Crippen LogP contribution in [0.2, 0.25) is 0 Å². The van der Waals surface area contributed by atoms with E-state index in [1.165, 1.54) is 5.56 Å². The van der Waals surface area contributed by atoms with E-state index in [0.717, 1.165) is 50.2 Å². The summed E-state index contributed by atoms with van der Waals surface area (Å²) in [7, 11) is 0. The number of fused-ring (bicyclic) bond motifs is 1. The van der Waals surface area contributed by atoms with Gasteiger partial charge in [-0.05, 0) is 24.5 Å². The molecule has 1 aromatic heterocycles. The normalized spacial score (nSPS) is 17.4. The average molecular weight is 380 g/mol.